The predicted octanol–water partition coefficient (Wildman–Crippen LogP) is 0.656. The first-order valence-electron chi connectivity index (χ1n) is 5.03. The zero-order chi connectivity index (χ0) is 11.6. The Balaban J connectivity index is 2.14. The highest BCUT2D eigenvalue weighted by molar-refractivity contribution is 7.91. The maximum Gasteiger partial charge on any atom is 0.198 e. The summed E-state index contributed by atoms with van der Waals surface area (Å²) in [6.45, 7) is 0.881. The summed E-state index contributed by atoms with van der Waals surface area (Å²) in [4.78, 5) is 0. The van der Waals surface area contributed by atoms with Crippen LogP contribution in [-0.2, 0) is 9.84 Å². The Labute approximate surface area is 99.1 Å². The van der Waals surface area contributed by atoms with Crippen LogP contribution in [0.4, 0.5) is 0 Å². The first-order chi connectivity index (χ1) is 7.58. The van der Waals surface area contributed by atoms with Crippen molar-refractivity contribution in [2.45, 2.75) is 23.9 Å². The van der Waals surface area contributed by atoms with Gasteiger partial charge in [-0.25, -0.2) is 8.42 Å². The lowest BCUT2D eigenvalue weighted by Crippen LogP contribution is -2.30. The van der Waals surface area contributed by atoms with Crippen molar-refractivity contribution < 1.29 is 8.42 Å². The number of sulfone groups is 1. The molecule has 0 radical (unpaired) electrons. The fourth-order valence-corrected chi connectivity index (χ4v) is 3.25. The molecule has 0 saturated carbocycles. The zero-order valence-electron chi connectivity index (χ0n) is 8.56. The molecule has 1 atom stereocenters. The zero-order valence-corrected chi connectivity index (χ0v) is 10.1. The van der Waals surface area contributed by atoms with E-state index in [0.29, 0.717) is 0 Å². The first kappa shape index (κ1) is 11.8. The van der Waals surface area contributed by atoms with Gasteiger partial charge in [0.1, 0.15) is 0 Å². The molecule has 1 aromatic heterocycles. The molecular weight excluding hydrogens is 250 g/mol. The summed E-state index contributed by atoms with van der Waals surface area (Å²) in [6.07, 6.45) is 1.91. The van der Waals surface area contributed by atoms with Gasteiger partial charge in [-0.3, -0.25) is 0 Å². The average molecular weight is 262 g/mol. The summed E-state index contributed by atoms with van der Waals surface area (Å²) in [5.74, 6) is 0.0727. The lowest BCUT2D eigenvalue weighted by atomic mass is 10.3. The van der Waals surface area contributed by atoms with E-state index in [1.165, 1.54) is 12.1 Å². The molecule has 2 rings (SSSR count). The van der Waals surface area contributed by atoms with Gasteiger partial charge in [0.05, 0.1) is 5.75 Å². The third-order valence-electron chi connectivity index (χ3n) is 2.51. The van der Waals surface area contributed by atoms with Gasteiger partial charge in [0.15, 0.2) is 20.0 Å². The van der Waals surface area contributed by atoms with Gasteiger partial charge in [0.25, 0.3) is 0 Å². The Bertz CT molecular complexity index is 454. The van der Waals surface area contributed by atoms with E-state index in [1.807, 2.05) is 0 Å². The molecule has 0 amide bonds. The minimum Gasteiger partial charge on any atom is -0.313 e. The monoisotopic (exact) mass is 261 g/mol. The van der Waals surface area contributed by atoms with Crippen molar-refractivity contribution in [3.63, 3.8) is 0 Å². The molecule has 1 fully saturated rings. The molecule has 1 unspecified atom stereocenters. The second-order valence-corrected chi connectivity index (χ2v) is 6.14. The van der Waals surface area contributed by atoms with Gasteiger partial charge in [0.2, 0.25) is 0 Å². The van der Waals surface area contributed by atoms with Gasteiger partial charge in [-0.2, -0.15) is 0 Å². The van der Waals surface area contributed by atoms with E-state index >= 15 is 0 Å². The minimum atomic E-state index is -3.36. The van der Waals surface area contributed by atoms with E-state index in [0.717, 1.165) is 19.4 Å². The Morgan fingerprint density at radius 3 is 2.81 bits per heavy atom. The molecule has 1 saturated heterocycles. The minimum absolute atomic E-state index is 0.00870. The molecule has 1 aliphatic rings. The molecule has 0 aromatic carbocycles. The van der Waals surface area contributed by atoms with Crippen molar-refractivity contribution in [2.24, 2.45) is 0 Å². The van der Waals surface area contributed by atoms with Crippen LogP contribution in [0.2, 0.25) is 5.15 Å². The van der Waals surface area contributed by atoms with Gasteiger partial charge in [-0.1, -0.05) is 11.6 Å². The van der Waals surface area contributed by atoms with Crippen molar-refractivity contribution >= 4 is 21.4 Å². The van der Waals surface area contributed by atoms with E-state index in [1.54, 1.807) is 0 Å². The van der Waals surface area contributed by atoms with Crippen LogP contribution >= 0.6 is 11.6 Å². The van der Waals surface area contributed by atoms with Crippen LogP contribution in [0.25, 0.3) is 0 Å². The molecule has 1 aromatic rings. The smallest absolute Gasteiger partial charge is 0.198 e. The summed E-state index contributed by atoms with van der Waals surface area (Å²) >= 11 is 5.55. The molecule has 5 nitrogen and oxygen atoms in total. The molecule has 1 N–H and O–H groups in total. The molecule has 0 bridgehead atoms. The van der Waals surface area contributed by atoms with E-state index in [9.17, 15) is 8.42 Å². The van der Waals surface area contributed by atoms with Crippen molar-refractivity contribution in [2.75, 3.05) is 12.3 Å². The van der Waals surface area contributed by atoms with Crippen LogP contribution in [0.3, 0.4) is 0 Å². The topological polar surface area (TPSA) is 72.0 Å². The summed E-state index contributed by atoms with van der Waals surface area (Å²) in [6, 6.07) is 2.85. The summed E-state index contributed by atoms with van der Waals surface area (Å²) < 4.78 is 23.8. The van der Waals surface area contributed by atoms with Gasteiger partial charge in [-0.05, 0) is 31.5 Å². The number of nitrogens with one attached hydrogen (secondary N) is 1. The summed E-state index contributed by atoms with van der Waals surface area (Å²) in [5.41, 5.74) is 0. The third kappa shape index (κ3) is 2.69. The average Bonchev–Trinajstić information content (AvgIpc) is 2.70. The largest absolute Gasteiger partial charge is 0.313 e. The highest BCUT2D eigenvalue weighted by atomic mass is 35.5. The van der Waals surface area contributed by atoms with Gasteiger partial charge in [0, 0.05) is 6.04 Å². The van der Waals surface area contributed by atoms with Crippen molar-refractivity contribution in [3.05, 3.63) is 17.3 Å². The third-order valence-corrected chi connectivity index (χ3v) is 4.41. The molecule has 0 aliphatic carbocycles. The van der Waals surface area contributed by atoms with Crippen LogP contribution in [0.15, 0.2) is 17.2 Å². The number of rotatable bonds is 3. The number of halogens is 1. The highest BCUT2D eigenvalue weighted by Gasteiger charge is 2.24. The van der Waals surface area contributed by atoms with E-state index < -0.39 is 9.84 Å². The van der Waals surface area contributed by atoms with E-state index in [4.69, 9.17) is 11.6 Å². The molecule has 2 heterocycles. The fourth-order valence-electron chi connectivity index (χ4n) is 1.72. The molecule has 7 heteroatoms. The van der Waals surface area contributed by atoms with E-state index in [2.05, 4.69) is 15.5 Å². The number of hydrogen-bond acceptors (Lipinski definition) is 5. The number of hydrogen-bond donors (Lipinski definition) is 1. The second-order valence-electron chi connectivity index (χ2n) is 3.77. The Morgan fingerprint density at radius 1 is 1.44 bits per heavy atom. The lowest BCUT2D eigenvalue weighted by Gasteiger charge is -2.09. The van der Waals surface area contributed by atoms with Crippen LogP contribution in [0.1, 0.15) is 12.8 Å². The quantitative estimate of drug-likeness (QED) is 0.865. The molecule has 88 valence electrons. The number of nitrogens with zero attached hydrogens (tertiary/aromatic N) is 2. The Hall–Kier alpha value is -0.720. The molecule has 16 heavy (non-hydrogen) atoms. The van der Waals surface area contributed by atoms with Crippen LogP contribution < -0.4 is 5.32 Å². The Morgan fingerprint density at radius 2 is 2.25 bits per heavy atom. The standard InChI is InChI=1S/C9H12ClN3O2S/c10-8-3-4-9(13-12-8)16(14,15)6-7-2-1-5-11-7/h3-4,7,11H,1-2,5-6H2. The van der Waals surface area contributed by atoms with Gasteiger partial charge < -0.3 is 5.32 Å². The molecule has 1 aliphatic heterocycles. The van der Waals surface area contributed by atoms with Crippen molar-refractivity contribution in [1.82, 2.24) is 15.5 Å². The predicted molar refractivity (Wildman–Crippen MR) is 60.1 cm³/mol. The van der Waals surface area contributed by atoms with Crippen LogP contribution in [0, 0.1) is 0 Å². The highest BCUT2D eigenvalue weighted by Crippen LogP contribution is 2.14. The number of aromatic nitrogens is 2. The maximum atomic E-state index is 11.9. The summed E-state index contributed by atoms with van der Waals surface area (Å²) in [5, 5.41) is 10.5. The van der Waals surface area contributed by atoms with Crippen LogP contribution in [-0.4, -0.2) is 37.0 Å². The molecule has 0 spiro atoms. The fraction of sp³-hybridized carbons (Fsp3) is 0.556. The van der Waals surface area contributed by atoms with E-state index in [-0.39, 0.29) is 22.0 Å². The maximum absolute atomic E-state index is 11.9. The normalized spacial score (nSPS) is 21.2. The van der Waals surface area contributed by atoms with Crippen molar-refractivity contribution in [3.8, 4) is 0 Å². The summed E-state index contributed by atoms with van der Waals surface area (Å²) in [7, 11) is -3.36. The Kier molecular flexibility index (Phi) is 3.41. The first-order valence-corrected chi connectivity index (χ1v) is 7.06. The second kappa shape index (κ2) is 4.65. The molecular formula is C9H12ClN3O2S. The van der Waals surface area contributed by atoms with Gasteiger partial charge >= 0.3 is 0 Å². The lowest BCUT2D eigenvalue weighted by molar-refractivity contribution is 0.571. The van der Waals surface area contributed by atoms with Crippen LogP contribution in [0.5, 0.6) is 0 Å². The SMILES string of the molecule is O=S(=O)(CC1CCCN1)c1ccc(Cl)nn1. The van der Waals surface area contributed by atoms with Crippen molar-refractivity contribution in [1.29, 1.82) is 0 Å². The van der Waals surface area contributed by atoms with Gasteiger partial charge in [-0.15, -0.1) is 10.2 Å².